The lowest BCUT2D eigenvalue weighted by Gasteiger charge is -2.32. The van der Waals surface area contributed by atoms with Crippen molar-refractivity contribution >= 4 is 15.9 Å². The SMILES string of the molecule is Oc1ccc(Br)c(C2N(Cc3ccccc3O)CCN2Cc2ccccc2O)c1. The summed E-state index contributed by atoms with van der Waals surface area (Å²) in [5.74, 6) is 0.765. The smallest absolute Gasteiger partial charge is 0.120 e. The minimum Gasteiger partial charge on any atom is -0.508 e. The summed E-state index contributed by atoms with van der Waals surface area (Å²) in [7, 11) is 0. The van der Waals surface area contributed by atoms with Gasteiger partial charge in [-0.15, -0.1) is 0 Å². The molecule has 5 nitrogen and oxygen atoms in total. The zero-order valence-corrected chi connectivity index (χ0v) is 17.5. The molecule has 150 valence electrons. The number of phenolic OH excluding ortho intramolecular Hbond substituents is 3. The first kappa shape index (κ1) is 19.8. The minimum absolute atomic E-state index is 0.115. The maximum absolute atomic E-state index is 10.2. The number of hydrogen-bond donors (Lipinski definition) is 3. The zero-order valence-electron chi connectivity index (χ0n) is 15.9. The van der Waals surface area contributed by atoms with Gasteiger partial charge in [0, 0.05) is 47.3 Å². The van der Waals surface area contributed by atoms with Crippen molar-refractivity contribution < 1.29 is 15.3 Å². The molecule has 1 aliphatic rings. The largest absolute Gasteiger partial charge is 0.508 e. The van der Waals surface area contributed by atoms with E-state index in [4.69, 9.17) is 0 Å². The summed E-state index contributed by atoms with van der Waals surface area (Å²) in [4.78, 5) is 4.54. The van der Waals surface area contributed by atoms with Crippen molar-refractivity contribution in [2.75, 3.05) is 13.1 Å². The highest BCUT2D eigenvalue weighted by atomic mass is 79.9. The maximum Gasteiger partial charge on any atom is 0.120 e. The second-order valence-corrected chi connectivity index (χ2v) is 8.13. The van der Waals surface area contributed by atoms with Crippen LogP contribution in [-0.4, -0.2) is 38.2 Å². The topological polar surface area (TPSA) is 67.2 Å². The van der Waals surface area contributed by atoms with Gasteiger partial charge >= 0.3 is 0 Å². The summed E-state index contributed by atoms with van der Waals surface area (Å²) >= 11 is 3.63. The molecule has 0 atom stereocenters. The number of nitrogens with zero attached hydrogens (tertiary/aromatic N) is 2. The lowest BCUT2D eigenvalue weighted by atomic mass is 10.1. The first-order valence-corrected chi connectivity index (χ1v) is 10.3. The molecule has 0 unspecified atom stereocenters. The van der Waals surface area contributed by atoms with Crippen LogP contribution in [0.1, 0.15) is 22.9 Å². The van der Waals surface area contributed by atoms with Crippen molar-refractivity contribution in [1.29, 1.82) is 0 Å². The Balaban J connectivity index is 1.69. The highest BCUT2D eigenvalue weighted by Crippen LogP contribution is 2.39. The van der Waals surface area contributed by atoms with E-state index < -0.39 is 0 Å². The van der Waals surface area contributed by atoms with Crippen LogP contribution in [0.4, 0.5) is 0 Å². The van der Waals surface area contributed by atoms with Gasteiger partial charge in [0.15, 0.2) is 0 Å². The van der Waals surface area contributed by atoms with Crippen LogP contribution in [0.5, 0.6) is 17.2 Å². The minimum atomic E-state index is -0.115. The molecule has 1 saturated heterocycles. The Bertz CT molecular complexity index is 955. The van der Waals surface area contributed by atoms with E-state index in [9.17, 15) is 15.3 Å². The molecule has 29 heavy (non-hydrogen) atoms. The zero-order chi connectivity index (χ0) is 20.4. The molecule has 0 spiro atoms. The van der Waals surface area contributed by atoms with Gasteiger partial charge in [-0.3, -0.25) is 9.80 Å². The lowest BCUT2D eigenvalue weighted by Crippen LogP contribution is -2.31. The van der Waals surface area contributed by atoms with Crippen LogP contribution in [0.2, 0.25) is 0 Å². The number of aromatic hydroxyl groups is 3. The van der Waals surface area contributed by atoms with Gasteiger partial charge in [0.1, 0.15) is 17.2 Å². The highest BCUT2D eigenvalue weighted by molar-refractivity contribution is 9.10. The van der Waals surface area contributed by atoms with E-state index in [1.165, 1.54) is 0 Å². The van der Waals surface area contributed by atoms with E-state index in [2.05, 4.69) is 25.7 Å². The van der Waals surface area contributed by atoms with Crippen molar-refractivity contribution in [2.45, 2.75) is 19.3 Å². The average molecular weight is 455 g/mol. The number of rotatable bonds is 5. The Morgan fingerprint density at radius 3 is 1.79 bits per heavy atom. The maximum atomic E-state index is 10.2. The Morgan fingerprint density at radius 2 is 1.28 bits per heavy atom. The Morgan fingerprint density at radius 1 is 0.759 bits per heavy atom. The monoisotopic (exact) mass is 454 g/mol. The third-order valence-electron chi connectivity index (χ3n) is 5.35. The van der Waals surface area contributed by atoms with Gasteiger partial charge in [0.2, 0.25) is 0 Å². The molecule has 1 aliphatic heterocycles. The molecular formula is C23H23BrN2O3. The Hall–Kier alpha value is -2.54. The van der Waals surface area contributed by atoms with E-state index >= 15 is 0 Å². The second kappa shape index (κ2) is 8.45. The molecule has 1 fully saturated rings. The van der Waals surface area contributed by atoms with Crippen LogP contribution in [0.3, 0.4) is 0 Å². The van der Waals surface area contributed by atoms with Crippen molar-refractivity contribution in [1.82, 2.24) is 9.80 Å². The summed E-state index contributed by atoms with van der Waals surface area (Å²) in [6.07, 6.45) is -0.115. The summed E-state index contributed by atoms with van der Waals surface area (Å²) in [6, 6.07) is 20.0. The summed E-state index contributed by atoms with van der Waals surface area (Å²) in [5, 5.41) is 30.6. The first-order chi connectivity index (χ1) is 14.0. The predicted octanol–water partition coefficient (Wildman–Crippen LogP) is 4.58. The summed E-state index contributed by atoms with van der Waals surface area (Å²) < 4.78 is 0.909. The highest BCUT2D eigenvalue weighted by Gasteiger charge is 2.35. The van der Waals surface area contributed by atoms with Crippen LogP contribution in [0, 0.1) is 0 Å². The van der Waals surface area contributed by atoms with Gasteiger partial charge < -0.3 is 15.3 Å². The Kier molecular flexibility index (Phi) is 5.76. The molecule has 3 aromatic rings. The van der Waals surface area contributed by atoms with Crippen molar-refractivity contribution in [2.24, 2.45) is 0 Å². The third-order valence-corrected chi connectivity index (χ3v) is 6.08. The van der Waals surface area contributed by atoms with E-state index in [0.717, 1.165) is 34.3 Å². The molecule has 0 bridgehead atoms. The molecule has 3 aromatic carbocycles. The molecule has 0 aliphatic carbocycles. The molecule has 0 amide bonds. The molecule has 0 saturated carbocycles. The number of hydrogen-bond acceptors (Lipinski definition) is 5. The van der Waals surface area contributed by atoms with Crippen molar-refractivity contribution in [3.05, 3.63) is 87.9 Å². The van der Waals surface area contributed by atoms with Gasteiger partial charge in [-0.2, -0.15) is 0 Å². The number of para-hydroxylation sites is 2. The first-order valence-electron chi connectivity index (χ1n) is 9.53. The molecular weight excluding hydrogens is 432 g/mol. The summed E-state index contributed by atoms with van der Waals surface area (Å²) in [6.45, 7) is 2.76. The van der Waals surface area contributed by atoms with E-state index in [1.54, 1.807) is 24.3 Å². The summed E-state index contributed by atoms with van der Waals surface area (Å²) in [5.41, 5.74) is 2.67. The molecule has 0 aromatic heterocycles. The fourth-order valence-electron chi connectivity index (χ4n) is 3.91. The second-order valence-electron chi connectivity index (χ2n) is 7.28. The Labute approximate surface area is 178 Å². The van der Waals surface area contributed by atoms with Crippen LogP contribution < -0.4 is 0 Å². The van der Waals surface area contributed by atoms with E-state index in [1.807, 2.05) is 42.5 Å². The van der Waals surface area contributed by atoms with E-state index in [-0.39, 0.29) is 23.4 Å². The van der Waals surface area contributed by atoms with Gasteiger partial charge in [0.05, 0.1) is 6.17 Å². The average Bonchev–Trinajstić information content (AvgIpc) is 3.09. The predicted molar refractivity (Wildman–Crippen MR) is 116 cm³/mol. The van der Waals surface area contributed by atoms with Crippen LogP contribution in [0.15, 0.2) is 71.2 Å². The molecule has 1 heterocycles. The quantitative estimate of drug-likeness (QED) is 0.526. The van der Waals surface area contributed by atoms with E-state index in [0.29, 0.717) is 13.1 Å². The lowest BCUT2D eigenvalue weighted by molar-refractivity contribution is 0.123. The number of halogens is 1. The van der Waals surface area contributed by atoms with Gasteiger partial charge in [-0.1, -0.05) is 52.3 Å². The van der Waals surface area contributed by atoms with Gasteiger partial charge in [-0.25, -0.2) is 0 Å². The van der Waals surface area contributed by atoms with Crippen LogP contribution in [-0.2, 0) is 13.1 Å². The molecule has 6 heteroatoms. The van der Waals surface area contributed by atoms with Gasteiger partial charge in [-0.05, 0) is 30.3 Å². The molecule has 4 rings (SSSR count). The number of phenols is 3. The molecule has 3 N–H and O–H groups in total. The van der Waals surface area contributed by atoms with Crippen LogP contribution in [0.25, 0.3) is 0 Å². The third kappa shape index (κ3) is 4.24. The standard InChI is InChI=1S/C23H23BrN2O3/c24-20-10-9-18(27)13-19(20)23-25(14-16-5-1-3-7-21(16)28)11-12-26(23)15-17-6-2-4-8-22(17)29/h1-10,13,23,27-29H,11-12,14-15H2. The van der Waals surface area contributed by atoms with Crippen LogP contribution >= 0.6 is 15.9 Å². The fourth-order valence-corrected chi connectivity index (χ4v) is 4.36. The van der Waals surface area contributed by atoms with Crippen molar-refractivity contribution in [3.8, 4) is 17.2 Å². The molecule has 0 radical (unpaired) electrons. The normalized spacial score (nSPS) is 15.8. The van der Waals surface area contributed by atoms with Gasteiger partial charge in [0.25, 0.3) is 0 Å². The number of benzene rings is 3. The van der Waals surface area contributed by atoms with Crippen molar-refractivity contribution in [3.63, 3.8) is 0 Å². The fraction of sp³-hybridized carbons (Fsp3) is 0.217.